The molecule has 0 spiro atoms. The minimum absolute atomic E-state index is 0.0357. The molecule has 4 atom stereocenters. The van der Waals surface area contributed by atoms with Gasteiger partial charge in [0.05, 0.1) is 17.2 Å². The number of ether oxygens (including phenoxy) is 1. The Morgan fingerprint density at radius 3 is 3.00 bits per heavy atom. The molecule has 2 bridgehead atoms. The van der Waals surface area contributed by atoms with Crippen molar-refractivity contribution in [1.29, 1.82) is 0 Å². The van der Waals surface area contributed by atoms with E-state index >= 15 is 0 Å². The largest absolute Gasteiger partial charge is 0.484 e. The predicted octanol–water partition coefficient (Wildman–Crippen LogP) is 1.24. The first-order chi connectivity index (χ1) is 14.4. The molecule has 4 N–H and O–H groups in total. The Kier molecular flexibility index (Phi) is 5.39. The summed E-state index contributed by atoms with van der Waals surface area (Å²) in [6, 6.07) is 4.75. The van der Waals surface area contributed by atoms with E-state index < -0.39 is 5.82 Å². The summed E-state index contributed by atoms with van der Waals surface area (Å²) in [6.07, 6.45) is 4.57. The van der Waals surface area contributed by atoms with Gasteiger partial charge in [0.15, 0.2) is 6.61 Å². The molecule has 3 saturated carbocycles. The molecule has 2 saturated heterocycles. The van der Waals surface area contributed by atoms with Gasteiger partial charge in [-0.05, 0) is 56.2 Å². The second kappa shape index (κ2) is 7.91. The van der Waals surface area contributed by atoms with E-state index in [2.05, 4.69) is 33.4 Å². The van der Waals surface area contributed by atoms with Gasteiger partial charge in [0.1, 0.15) is 11.6 Å². The van der Waals surface area contributed by atoms with Crippen LogP contribution >= 0.6 is 11.6 Å². The van der Waals surface area contributed by atoms with Crippen LogP contribution in [0.2, 0.25) is 5.02 Å². The Morgan fingerprint density at radius 1 is 1.37 bits per heavy atom. The van der Waals surface area contributed by atoms with Gasteiger partial charge in [0.25, 0.3) is 5.91 Å². The molecule has 2 aliphatic heterocycles. The van der Waals surface area contributed by atoms with Crippen molar-refractivity contribution in [3.8, 4) is 5.75 Å². The van der Waals surface area contributed by atoms with Gasteiger partial charge in [0, 0.05) is 31.2 Å². The summed E-state index contributed by atoms with van der Waals surface area (Å²) in [7, 11) is 2.11. The number of carbonyl (C=O) groups is 1. The van der Waals surface area contributed by atoms with Gasteiger partial charge >= 0.3 is 0 Å². The lowest BCUT2D eigenvalue weighted by Gasteiger charge is -2.45. The number of piperidine rings is 1. The maximum absolute atomic E-state index is 13.5. The van der Waals surface area contributed by atoms with E-state index in [0.717, 1.165) is 32.4 Å². The molecule has 1 amide bonds. The van der Waals surface area contributed by atoms with Crippen LogP contribution < -0.4 is 26.1 Å². The van der Waals surface area contributed by atoms with Crippen LogP contribution in [-0.4, -0.2) is 61.4 Å². The first-order valence-electron chi connectivity index (χ1n) is 10.8. The first kappa shape index (κ1) is 20.5. The highest BCUT2D eigenvalue weighted by Crippen LogP contribution is 2.52. The minimum Gasteiger partial charge on any atom is -0.484 e. The molecule has 2 heterocycles. The number of halogens is 2. The van der Waals surface area contributed by atoms with E-state index in [1.165, 1.54) is 18.6 Å². The molecule has 3 aliphatic carbocycles. The van der Waals surface area contributed by atoms with Gasteiger partial charge in [-0.15, -0.1) is 0 Å². The number of nitrogens with one attached hydrogen (secondary N) is 4. The molecule has 164 valence electrons. The fraction of sp³-hybridized carbons (Fsp3) is 0.667. The number of hydrogen-bond acceptors (Lipinski definition) is 6. The number of nitrogens with zero attached hydrogens (tertiary/aromatic N) is 1. The lowest BCUT2D eigenvalue weighted by molar-refractivity contribution is -0.124. The Balaban J connectivity index is 1.12. The van der Waals surface area contributed by atoms with Crippen LogP contribution in [0.5, 0.6) is 5.75 Å². The summed E-state index contributed by atoms with van der Waals surface area (Å²) in [5.74, 6) is 0.752. The molecule has 1 aromatic carbocycles. The molecule has 6 rings (SSSR count). The molecule has 5 fully saturated rings. The van der Waals surface area contributed by atoms with Crippen LogP contribution in [0.1, 0.15) is 25.7 Å². The van der Waals surface area contributed by atoms with Crippen LogP contribution in [0, 0.1) is 17.7 Å². The maximum Gasteiger partial charge on any atom is 0.258 e. The van der Waals surface area contributed by atoms with E-state index in [4.69, 9.17) is 16.3 Å². The molecular formula is C21H29ClFN5O2. The van der Waals surface area contributed by atoms with Crippen molar-refractivity contribution in [2.24, 2.45) is 11.8 Å². The number of hydrazine groups is 1. The third-order valence-electron chi connectivity index (χ3n) is 7.18. The monoisotopic (exact) mass is 437 g/mol. The maximum atomic E-state index is 13.5. The van der Waals surface area contributed by atoms with E-state index in [-0.39, 0.29) is 35.3 Å². The molecule has 0 aromatic heterocycles. The van der Waals surface area contributed by atoms with E-state index in [0.29, 0.717) is 23.6 Å². The Hall–Kier alpha value is -1.45. The predicted molar refractivity (Wildman–Crippen MR) is 111 cm³/mol. The second-order valence-electron chi connectivity index (χ2n) is 9.35. The summed E-state index contributed by atoms with van der Waals surface area (Å²) >= 11 is 5.67. The molecule has 1 aromatic rings. The molecule has 0 radical (unpaired) electrons. The van der Waals surface area contributed by atoms with Crippen LogP contribution in [0.15, 0.2) is 18.2 Å². The summed E-state index contributed by atoms with van der Waals surface area (Å²) in [5.41, 5.74) is 3.69. The smallest absolute Gasteiger partial charge is 0.258 e. The highest BCUT2D eigenvalue weighted by Gasteiger charge is 2.57. The van der Waals surface area contributed by atoms with Gasteiger partial charge in [-0.2, -0.15) is 0 Å². The quantitative estimate of drug-likeness (QED) is 0.536. The minimum atomic E-state index is -0.555. The van der Waals surface area contributed by atoms with Crippen molar-refractivity contribution < 1.29 is 13.9 Å². The first-order valence-corrected chi connectivity index (χ1v) is 11.1. The van der Waals surface area contributed by atoms with E-state index in [9.17, 15) is 9.18 Å². The molecule has 5 aliphatic rings. The summed E-state index contributed by atoms with van der Waals surface area (Å²) in [5, 5.41) is 12.9. The lowest BCUT2D eigenvalue weighted by Crippen LogP contribution is -2.66. The van der Waals surface area contributed by atoms with Crippen molar-refractivity contribution in [2.75, 3.05) is 26.7 Å². The second-order valence-corrected chi connectivity index (χ2v) is 9.76. The standard InChI is InChI=1S/C21H29ClFN5O2/c1-28-10-12-4-5-24-20(19(12)27-28)26-21-7-13(8-21)17(9-21)25-18(29)11-30-14-2-3-15(22)16(23)6-14/h2-3,6,12-13,17,19-20,24,26-27H,4-5,7-11H2,1H3,(H,25,29). The summed E-state index contributed by atoms with van der Waals surface area (Å²) < 4.78 is 18.9. The lowest BCUT2D eigenvalue weighted by atomic mass is 9.76. The normalized spacial score (nSPS) is 37.5. The van der Waals surface area contributed by atoms with Crippen molar-refractivity contribution >= 4 is 17.5 Å². The van der Waals surface area contributed by atoms with E-state index in [1.54, 1.807) is 6.07 Å². The van der Waals surface area contributed by atoms with Crippen molar-refractivity contribution in [2.45, 2.75) is 49.5 Å². The topological polar surface area (TPSA) is 77.7 Å². The van der Waals surface area contributed by atoms with Crippen LogP contribution in [0.25, 0.3) is 0 Å². The third-order valence-corrected chi connectivity index (χ3v) is 7.49. The average molecular weight is 438 g/mol. The highest BCUT2D eigenvalue weighted by atomic mass is 35.5. The van der Waals surface area contributed by atoms with Gasteiger partial charge < -0.3 is 15.4 Å². The van der Waals surface area contributed by atoms with E-state index in [1.807, 2.05) is 0 Å². The van der Waals surface area contributed by atoms with Gasteiger partial charge in [-0.1, -0.05) is 11.6 Å². The fourth-order valence-corrected chi connectivity index (χ4v) is 5.93. The summed E-state index contributed by atoms with van der Waals surface area (Å²) in [6.45, 7) is 2.00. The third kappa shape index (κ3) is 3.91. The number of amides is 1. The zero-order chi connectivity index (χ0) is 20.9. The molecular weight excluding hydrogens is 409 g/mol. The zero-order valence-electron chi connectivity index (χ0n) is 17.1. The molecule has 4 unspecified atom stereocenters. The number of hydrogen-bond donors (Lipinski definition) is 4. The molecule has 9 heteroatoms. The average Bonchev–Trinajstić information content (AvgIpc) is 3.32. The van der Waals surface area contributed by atoms with Crippen molar-refractivity contribution in [1.82, 2.24) is 26.4 Å². The Labute approximate surface area is 181 Å². The summed E-state index contributed by atoms with van der Waals surface area (Å²) in [4.78, 5) is 12.4. The van der Waals surface area contributed by atoms with Gasteiger partial charge in [-0.3, -0.25) is 10.1 Å². The van der Waals surface area contributed by atoms with Gasteiger partial charge in [0.2, 0.25) is 0 Å². The van der Waals surface area contributed by atoms with Crippen molar-refractivity contribution in [3.63, 3.8) is 0 Å². The van der Waals surface area contributed by atoms with Crippen molar-refractivity contribution in [3.05, 3.63) is 29.0 Å². The zero-order valence-corrected chi connectivity index (χ0v) is 17.8. The SMILES string of the molecule is CN1CC2CCNC(NC34CC(C3)C(NC(=O)COc3ccc(Cl)c(F)c3)C4)C2N1. The number of rotatable bonds is 6. The molecule has 7 nitrogen and oxygen atoms in total. The highest BCUT2D eigenvalue weighted by molar-refractivity contribution is 6.30. The van der Waals surface area contributed by atoms with Crippen LogP contribution in [0.3, 0.4) is 0 Å². The Morgan fingerprint density at radius 2 is 2.20 bits per heavy atom. The van der Waals surface area contributed by atoms with Crippen LogP contribution in [0.4, 0.5) is 4.39 Å². The van der Waals surface area contributed by atoms with Crippen LogP contribution in [-0.2, 0) is 4.79 Å². The Bertz CT molecular complexity index is 821. The fourth-order valence-electron chi connectivity index (χ4n) is 5.81. The van der Waals surface area contributed by atoms with Gasteiger partial charge in [-0.25, -0.2) is 14.8 Å². The number of benzene rings is 1. The number of fused-ring (bicyclic) bond motifs is 2. The molecule has 30 heavy (non-hydrogen) atoms. The number of carbonyl (C=O) groups excluding carboxylic acids is 1.